The lowest BCUT2D eigenvalue weighted by Gasteiger charge is -2.24. The van der Waals surface area contributed by atoms with Gasteiger partial charge >= 0.3 is 0 Å². The number of sulfonamides is 1. The Balaban J connectivity index is 1.50. The molecule has 0 spiro atoms. The van der Waals surface area contributed by atoms with Crippen LogP contribution in [0.5, 0.6) is 5.75 Å². The van der Waals surface area contributed by atoms with E-state index >= 15 is 0 Å². The summed E-state index contributed by atoms with van der Waals surface area (Å²) in [5, 5.41) is 5.01. The molecule has 0 aliphatic carbocycles. The van der Waals surface area contributed by atoms with Gasteiger partial charge in [-0.3, -0.25) is 9.10 Å². The van der Waals surface area contributed by atoms with E-state index in [1.54, 1.807) is 61.5 Å². The number of hydrogen-bond acceptors (Lipinski definition) is 5. The van der Waals surface area contributed by atoms with Crippen LogP contribution in [0.4, 0.5) is 5.69 Å². The first-order chi connectivity index (χ1) is 18.8. The molecule has 1 N–H and O–H groups in total. The molecule has 0 saturated carbocycles. The highest BCUT2D eigenvalue weighted by Gasteiger charge is 2.27. The van der Waals surface area contributed by atoms with Gasteiger partial charge in [0.1, 0.15) is 18.9 Å². The third-order valence-corrected chi connectivity index (χ3v) is 8.28. The third-order valence-electron chi connectivity index (χ3n) is 5.71. The van der Waals surface area contributed by atoms with Gasteiger partial charge in [0, 0.05) is 21.2 Å². The lowest BCUT2D eigenvalue weighted by atomic mass is 10.2. The van der Waals surface area contributed by atoms with Crippen molar-refractivity contribution in [3.05, 3.63) is 124 Å². The summed E-state index contributed by atoms with van der Waals surface area (Å²) in [6.07, 6.45) is 1.43. The van der Waals surface area contributed by atoms with E-state index in [2.05, 4.69) is 10.5 Å². The van der Waals surface area contributed by atoms with Crippen LogP contribution in [0.15, 0.2) is 107 Å². The predicted molar refractivity (Wildman–Crippen MR) is 155 cm³/mol. The highest BCUT2D eigenvalue weighted by molar-refractivity contribution is 7.92. The topological polar surface area (TPSA) is 88.1 Å². The van der Waals surface area contributed by atoms with E-state index in [1.165, 1.54) is 24.4 Å². The zero-order chi connectivity index (χ0) is 27.8. The number of carbonyl (C=O) groups is 1. The second-order valence-corrected chi connectivity index (χ2v) is 11.1. The second kappa shape index (κ2) is 12.8. The lowest BCUT2D eigenvalue weighted by Crippen LogP contribution is -2.39. The molecule has 39 heavy (non-hydrogen) atoms. The van der Waals surface area contributed by atoms with Gasteiger partial charge in [0.25, 0.3) is 15.9 Å². The van der Waals surface area contributed by atoms with E-state index < -0.39 is 22.5 Å². The molecule has 4 aromatic rings. The molecule has 0 bridgehead atoms. The van der Waals surface area contributed by atoms with Crippen LogP contribution in [0, 0.1) is 6.92 Å². The normalized spacial score (nSPS) is 11.4. The van der Waals surface area contributed by atoms with Crippen molar-refractivity contribution in [3.8, 4) is 5.75 Å². The van der Waals surface area contributed by atoms with Gasteiger partial charge in [-0.1, -0.05) is 77.8 Å². The van der Waals surface area contributed by atoms with Crippen molar-refractivity contribution in [1.29, 1.82) is 0 Å². The predicted octanol–water partition coefficient (Wildman–Crippen LogP) is 6.23. The number of halogens is 2. The maximum absolute atomic E-state index is 13.5. The maximum Gasteiger partial charge on any atom is 0.264 e. The maximum atomic E-state index is 13.5. The van der Waals surface area contributed by atoms with Gasteiger partial charge in [-0.15, -0.1) is 0 Å². The molecule has 0 saturated heterocycles. The minimum atomic E-state index is -4.07. The number of nitrogens with one attached hydrogen (secondary N) is 1. The van der Waals surface area contributed by atoms with Crippen LogP contribution >= 0.6 is 23.2 Å². The molecule has 10 heteroatoms. The van der Waals surface area contributed by atoms with Crippen molar-refractivity contribution < 1.29 is 17.9 Å². The van der Waals surface area contributed by atoms with Crippen molar-refractivity contribution in [2.24, 2.45) is 5.10 Å². The van der Waals surface area contributed by atoms with Crippen molar-refractivity contribution in [2.45, 2.75) is 18.4 Å². The molecular formula is C29H25Cl2N3O4S. The van der Waals surface area contributed by atoms with Gasteiger partial charge in [-0.25, -0.2) is 13.8 Å². The van der Waals surface area contributed by atoms with Gasteiger partial charge < -0.3 is 4.74 Å². The van der Waals surface area contributed by atoms with Crippen molar-refractivity contribution in [2.75, 3.05) is 10.8 Å². The smallest absolute Gasteiger partial charge is 0.264 e. The summed E-state index contributed by atoms with van der Waals surface area (Å²) in [6.45, 7) is 1.54. The van der Waals surface area contributed by atoms with Gasteiger partial charge in [0.2, 0.25) is 0 Å². The van der Waals surface area contributed by atoms with Crippen LogP contribution < -0.4 is 14.5 Å². The first-order valence-corrected chi connectivity index (χ1v) is 14.1. The molecule has 4 aromatic carbocycles. The number of carbonyl (C=O) groups excluding carboxylic acids is 1. The Labute approximate surface area is 237 Å². The molecule has 0 radical (unpaired) electrons. The van der Waals surface area contributed by atoms with Gasteiger partial charge in [-0.2, -0.15) is 5.10 Å². The molecule has 0 atom stereocenters. The van der Waals surface area contributed by atoms with Crippen LogP contribution in [0.3, 0.4) is 0 Å². The van der Waals surface area contributed by atoms with Gasteiger partial charge in [0.15, 0.2) is 0 Å². The number of hydrazone groups is 1. The second-order valence-electron chi connectivity index (χ2n) is 8.47. The number of amides is 1. The molecular weight excluding hydrogens is 557 g/mol. The summed E-state index contributed by atoms with van der Waals surface area (Å²) in [5.41, 5.74) is 4.89. The number of ether oxygens (including phenoxy) is 1. The van der Waals surface area contributed by atoms with E-state index in [0.29, 0.717) is 21.4 Å². The van der Waals surface area contributed by atoms with E-state index in [0.717, 1.165) is 15.4 Å². The Morgan fingerprint density at radius 1 is 0.923 bits per heavy atom. The highest BCUT2D eigenvalue weighted by Crippen LogP contribution is 2.28. The fraction of sp³-hybridized carbons (Fsp3) is 0.103. The molecule has 0 unspecified atom stereocenters. The Morgan fingerprint density at radius 3 is 2.36 bits per heavy atom. The van der Waals surface area contributed by atoms with Gasteiger partial charge in [0.05, 0.1) is 16.8 Å². The fourth-order valence-electron chi connectivity index (χ4n) is 3.60. The third kappa shape index (κ3) is 7.17. The first-order valence-electron chi connectivity index (χ1n) is 11.9. The zero-order valence-electron chi connectivity index (χ0n) is 20.9. The zero-order valence-corrected chi connectivity index (χ0v) is 23.2. The van der Waals surface area contributed by atoms with E-state index in [-0.39, 0.29) is 17.2 Å². The van der Waals surface area contributed by atoms with Crippen LogP contribution in [-0.2, 0) is 21.4 Å². The monoisotopic (exact) mass is 581 g/mol. The van der Waals surface area contributed by atoms with Gasteiger partial charge in [-0.05, 0) is 55.0 Å². The number of anilines is 1. The van der Waals surface area contributed by atoms with Crippen LogP contribution in [-0.4, -0.2) is 27.1 Å². The molecule has 0 aliphatic heterocycles. The number of nitrogens with zero attached hydrogens (tertiary/aromatic N) is 2. The van der Waals surface area contributed by atoms with E-state index in [4.69, 9.17) is 27.9 Å². The number of benzene rings is 4. The lowest BCUT2D eigenvalue weighted by molar-refractivity contribution is -0.119. The SMILES string of the molecule is Cc1ccc(N(CC(=O)NN=Cc2ccccc2OCc2ccccc2Cl)S(=O)(=O)c2ccccc2)cc1Cl. The van der Waals surface area contributed by atoms with Crippen molar-refractivity contribution in [3.63, 3.8) is 0 Å². The largest absolute Gasteiger partial charge is 0.488 e. The minimum absolute atomic E-state index is 0.0441. The number of para-hydroxylation sites is 1. The number of rotatable bonds is 10. The molecule has 0 heterocycles. The fourth-order valence-corrected chi connectivity index (χ4v) is 5.40. The van der Waals surface area contributed by atoms with E-state index in [9.17, 15) is 13.2 Å². The van der Waals surface area contributed by atoms with E-state index in [1.807, 2.05) is 24.3 Å². The van der Waals surface area contributed by atoms with Crippen molar-refractivity contribution in [1.82, 2.24) is 5.43 Å². The highest BCUT2D eigenvalue weighted by atomic mass is 35.5. The van der Waals surface area contributed by atoms with Crippen LogP contribution in [0.25, 0.3) is 0 Å². The molecule has 200 valence electrons. The van der Waals surface area contributed by atoms with Crippen molar-refractivity contribution >= 4 is 51.0 Å². The first kappa shape index (κ1) is 28.2. The summed E-state index contributed by atoms with van der Waals surface area (Å²) in [7, 11) is -4.07. The van der Waals surface area contributed by atoms with Crippen LogP contribution in [0.1, 0.15) is 16.7 Å². The van der Waals surface area contributed by atoms with Crippen LogP contribution in [0.2, 0.25) is 10.0 Å². The standard InChI is InChI=1S/C29H25Cl2N3O4S/c1-21-15-16-24(17-27(21)31)34(39(36,37)25-11-3-2-4-12-25)19-29(35)33-32-18-22-9-6-8-14-28(22)38-20-23-10-5-7-13-26(23)30/h2-18H,19-20H2,1H3,(H,33,35). The molecule has 0 fully saturated rings. The Bertz CT molecular complexity index is 1600. The number of aryl methyl sites for hydroxylation is 1. The Morgan fingerprint density at radius 2 is 1.62 bits per heavy atom. The molecule has 4 rings (SSSR count). The molecule has 7 nitrogen and oxygen atoms in total. The molecule has 1 amide bonds. The summed E-state index contributed by atoms with van der Waals surface area (Å²) >= 11 is 12.5. The summed E-state index contributed by atoms with van der Waals surface area (Å²) in [6, 6.07) is 27.2. The average Bonchev–Trinajstić information content (AvgIpc) is 2.94. The summed E-state index contributed by atoms with van der Waals surface area (Å²) in [5.74, 6) is -0.102. The summed E-state index contributed by atoms with van der Waals surface area (Å²) in [4.78, 5) is 12.9. The Hall–Kier alpha value is -3.85. The number of hydrogen-bond donors (Lipinski definition) is 1. The quantitative estimate of drug-likeness (QED) is 0.178. The average molecular weight is 583 g/mol. The molecule has 0 aromatic heterocycles. The minimum Gasteiger partial charge on any atom is -0.488 e. The summed E-state index contributed by atoms with van der Waals surface area (Å²) < 4.78 is 33.8. The Kier molecular flexibility index (Phi) is 9.24. The molecule has 0 aliphatic rings.